The zero-order chi connectivity index (χ0) is 10.9. The molecule has 0 radical (unpaired) electrons. The van der Waals surface area contributed by atoms with Gasteiger partial charge in [-0.15, -0.1) is 0 Å². The summed E-state index contributed by atoms with van der Waals surface area (Å²) in [6.45, 7) is 11.6. The van der Waals surface area contributed by atoms with E-state index >= 15 is 0 Å². The second kappa shape index (κ2) is 8.52. The van der Waals surface area contributed by atoms with E-state index in [-0.39, 0.29) is 5.41 Å². The predicted molar refractivity (Wildman–Crippen MR) is 60.1 cm³/mol. The van der Waals surface area contributed by atoms with Crippen molar-refractivity contribution in [2.75, 3.05) is 20.7 Å². The lowest BCUT2D eigenvalue weighted by molar-refractivity contribution is 0.00695. The summed E-state index contributed by atoms with van der Waals surface area (Å²) < 4.78 is 5.38. The number of nitrogens with one attached hydrogen (secondary N) is 1. The van der Waals surface area contributed by atoms with Crippen molar-refractivity contribution in [3.8, 4) is 0 Å². The Morgan fingerprint density at radius 3 is 2.00 bits per heavy atom. The van der Waals surface area contributed by atoms with Gasteiger partial charge < -0.3 is 10.1 Å². The van der Waals surface area contributed by atoms with Crippen LogP contribution in [-0.4, -0.2) is 26.8 Å². The van der Waals surface area contributed by atoms with E-state index in [9.17, 15) is 0 Å². The van der Waals surface area contributed by atoms with Crippen molar-refractivity contribution in [2.45, 2.75) is 47.1 Å². The maximum absolute atomic E-state index is 5.38. The summed E-state index contributed by atoms with van der Waals surface area (Å²) in [5, 5.41) is 3.13. The first kappa shape index (κ1) is 15.4. The summed E-state index contributed by atoms with van der Waals surface area (Å²) in [7, 11) is 3.73. The molecule has 0 aromatic rings. The molecule has 2 heteroatoms. The van der Waals surface area contributed by atoms with Crippen LogP contribution < -0.4 is 5.32 Å². The molecule has 13 heavy (non-hydrogen) atoms. The molecule has 1 N–H and O–H groups in total. The van der Waals surface area contributed by atoms with E-state index in [1.165, 1.54) is 0 Å². The SMILES string of the molecule is CC.CCC(C)(C)C(CNC)OC. The minimum atomic E-state index is 0.276. The van der Waals surface area contributed by atoms with E-state index < -0.39 is 0 Å². The van der Waals surface area contributed by atoms with Crippen molar-refractivity contribution in [1.82, 2.24) is 5.32 Å². The molecule has 1 unspecified atom stereocenters. The summed E-state index contributed by atoms with van der Waals surface area (Å²) in [6.07, 6.45) is 1.46. The predicted octanol–water partition coefficient (Wildman–Crippen LogP) is 2.68. The molecule has 0 aliphatic heterocycles. The van der Waals surface area contributed by atoms with Gasteiger partial charge in [0.2, 0.25) is 0 Å². The number of hydrogen-bond donors (Lipinski definition) is 1. The molecule has 0 saturated heterocycles. The van der Waals surface area contributed by atoms with Crippen LogP contribution in [0.5, 0.6) is 0 Å². The molecule has 82 valence electrons. The summed E-state index contributed by atoms with van der Waals surface area (Å²) >= 11 is 0. The quantitative estimate of drug-likeness (QED) is 0.718. The fraction of sp³-hybridized carbons (Fsp3) is 1.00. The molecule has 0 aromatic heterocycles. The molecule has 0 aromatic carbocycles. The van der Waals surface area contributed by atoms with Gasteiger partial charge in [-0.25, -0.2) is 0 Å². The van der Waals surface area contributed by atoms with Gasteiger partial charge in [-0.1, -0.05) is 34.6 Å². The first-order chi connectivity index (χ1) is 6.08. The summed E-state index contributed by atoms with van der Waals surface area (Å²) in [6, 6.07) is 0. The topological polar surface area (TPSA) is 21.3 Å². The highest BCUT2D eigenvalue weighted by molar-refractivity contribution is 4.78. The van der Waals surface area contributed by atoms with E-state index in [4.69, 9.17) is 4.74 Å². The van der Waals surface area contributed by atoms with Crippen LogP contribution in [0.2, 0.25) is 0 Å². The fourth-order valence-corrected chi connectivity index (χ4v) is 1.09. The second-order valence-electron chi connectivity index (χ2n) is 3.62. The van der Waals surface area contributed by atoms with E-state index in [1.54, 1.807) is 7.11 Å². The molecule has 0 aliphatic rings. The summed E-state index contributed by atoms with van der Waals surface area (Å²) in [4.78, 5) is 0. The van der Waals surface area contributed by atoms with Crippen molar-refractivity contribution in [3.05, 3.63) is 0 Å². The van der Waals surface area contributed by atoms with Gasteiger partial charge in [0.25, 0.3) is 0 Å². The first-order valence-corrected chi connectivity index (χ1v) is 5.26. The van der Waals surface area contributed by atoms with Gasteiger partial charge in [0.1, 0.15) is 0 Å². The van der Waals surface area contributed by atoms with Crippen LogP contribution in [0.15, 0.2) is 0 Å². The lowest BCUT2D eigenvalue weighted by Gasteiger charge is -2.32. The molecule has 0 saturated carbocycles. The third-order valence-electron chi connectivity index (χ3n) is 2.46. The Morgan fingerprint density at radius 1 is 1.31 bits per heavy atom. The monoisotopic (exact) mass is 189 g/mol. The van der Waals surface area contributed by atoms with Gasteiger partial charge >= 0.3 is 0 Å². The summed E-state index contributed by atoms with van der Waals surface area (Å²) in [5.74, 6) is 0. The first-order valence-electron chi connectivity index (χ1n) is 5.26. The molecule has 0 heterocycles. The van der Waals surface area contributed by atoms with Gasteiger partial charge in [0.05, 0.1) is 6.10 Å². The van der Waals surface area contributed by atoms with E-state index in [0.717, 1.165) is 13.0 Å². The standard InChI is InChI=1S/C9H21NO.C2H6/c1-6-9(2,3)8(11-5)7-10-4;1-2/h8,10H,6-7H2,1-5H3;1-2H3. The fourth-order valence-electron chi connectivity index (χ4n) is 1.09. The van der Waals surface area contributed by atoms with Gasteiger partial charge in [-0.2, -0.15) is 0 Å². The molecule has 2 nitrogen and oxygen atoms in total. The molecule has 0 bridgehead atoms. The Labute approximate surface area is 84.1 Å². The number of rotatable bonds is 5. The number of ether oxygens (including phenoxy) is 1. The lowest BCUT2D eigenvalue weighted by atomic mass is 9.84. The highest BCUT2D eigenvalue weighted by Gasteiger charge is 2.26. The van der Waals surface area contributed by atoms with Crippen molar-refractivity contribution >= 4 is 0 Å². The van der Waals surface area contributed by atoms with Crippen LogP contribution in [-0.2, 0) is 4.74 Å². The number of hydrogen-bond acceptors (Lipinski definition) is 2. The smallest absolute Gasteiger partial charge is 0.0746 e. The summed E-state index contributed by atoms with van der Waals surface area (Å²) in [5.41, 5.74) is 0.276. The second-order valence-corrected chi connectivity index (χ2v) is 3.62. The number of methoxy groups -OCH3 is 1. The average molecular weight is 189 g/mol. The molecular formula is C11H27NO. The third-order valence-corrected chi connectivity index (χ3v) is 2.46. The van der Waals surface area contributed by atoms with Gasteiger partial charge in [0.15, 0.2) is 0 Å². The molecule has 0 rings (SSSR count). The van der Waals surface area contributed by atoms with Crippen LogP contribution in [0.4, 0.5) is 0 Å². The Balaban J connectivity index is 0. The largest absolute Gasteiger partial charge is 0.380 e. The van der Waals surface area contributed by atoms with Crippen LogP contribution in [0.3, 0.4) is 0 Å². The molecule has 0 spiro atoms. The van der Waals surface area contributed by atoms with E-state index in [1.807, 2.05) is 20.9 Å². The van der Waals surface area contributed by atoms with E-state index in [2.05, 4.69) is 26.1 Å². The molecular weight excluding hydrogens is 162 g/mol. The zero-order valence-corrected chi connectivity index (χ0v) is 10.4. The Kier molecular flexibility index (Phi) is 10.1. The molecule has 0 aliphatic carbocycles. The van der Waals surface area contributed by atoms with Crippen molar-refractivity contribution in [1.29, 1.82) is 0 Å². The number of likely N-dealkylation sites (N-methyl/N-ethyl adjacent to an activating group) is 1. The minimum Gasteiger partial charge on any atom is -0.380 e. The van der Waals surface area contributed by atoms with Crippen LogP contribution >= 0.6 is 0 Å². The van der Waals surface area contributed by atoms with E-state index in [0.29, 0.717) is 6.10 Å². The maximum Gasteiger partial charge on any atom is 0.0746 e. The van der Waals surface area contributed by atoms with Gasteiger partial charge in [-0.3, -0.25) is 0 Å². The zero-order valence-electron chi connectivity index (χ0n) is 10.4. The molecule has 0 fully saturated rings. The molecule has 0 amide bonds. The van der Waals surface area contributed by atoms with Gasteiger partial charge in [0, 0.05) is 13.7 Å². The Morgan fingerprint density at radius 2 is 1.77 bits per heavy atom. The minimum absolute atomic E-state index is 0.276. The third kappa shape index (κ3) is 6.05. The highest BCUT2D eigenvalue weighted by Crippen LogP contribution is 2.26. The highest BCUT2D eigenvalue weighted by atomic mass is 16.5. The van der Waals surface area contributed by atoms with Crippen molar-refractivity contribution in [3.63, 3.8) is 0 Å². The molecule has 1 atom stereocenters. The lowest BCUT2D eigenvalue weighted by Crippen LogP contribution is -2.38. The van der Waals surface area contributed by atoms with Crippen LogP contribution in [0, 0.1) is 5.41 Å². The van der Waals surface area contributed by atoms with Gasteiger partial charge in [-0.05, 0) is 18.9 Å². The van der Waals surface area contributed by atoms with Crippen LogP contribution in [0.1, 0.15) is 41.0 Å². The normalized spacial score (nSPS) is 13.2. The van der Waals surface area contributed by atoms with Crippen LogP contribution in [0.25, 0.3) is 0 Å². The maximum atomic E-state index is 5.38. The Hall–Kier alpha value is -0.0800. The Bertz CT molecular complexity index is 102. The van der Waals surface area contributed by atoms with Crippen molar-refractivity contribution in [2.24, 2.45) is 5.41 Å². The average Bonchev–Trinajstić information content (AvgIpc) is 2.17. The van der Waals surface area contributed by atoms with Crippen molar-refractivity contribution < 1.29 is 4.74 Å².